The summed E-state index contributed by atoms with van der Waals surface area (Å²) in [5.41, 5.74) is 2.09. The summed E-state index contributed by atoms with van der Waals surface area (Å²) in [6.07, 6.45) is 10.9. The summed E-state index contributed by atoms with van der Waals surface area (Å²) in [6.45, 7) is 4.68. The molecule has 30 heavy (non-hydrogen) atoms. The fourth-order valence-electron chi connectivity index (χ4n) is 4.73. The van der Waals surface area contributed by atoms with Crippen molar-refractivity contribution in [2.45, 2.75) is 51.6 Å². The number of piperidine rings is 1. The first-order valence-electron chi connectivity index (χ1n) is 11.0. The summed E-state index contributed by atoms with van der Waals surface area (Å²) in [6, 6.07) is 8.06. The van der Waals surface area contributed by atoms with Gasteiger partial charge in [0.05, 0.1) is 12.4 Å². The van der Waals surface area contributed by atoms with Gasteiger partial charge < -0.3 is 14.8 Å². The lowest BCUT2D eigenvalue weighted by Gasteiger charge is -2.40. The number of nitrogens with zero attached hydrogens (tertiary/aromatic N) is 4. The van der Waals surface area contributed by atoms with Gasteiger partial charge in [-0.3, -0.25) is 9.69 Å². The van der Waals surface area contributed by atoms with E-state index in [-0.39, 0.29) is 18.0 Å². The van der Waals surface area contributed by atoms with Crippen LogP contribution >= 0.6 is 0 Å². The number of urea groups is 1. The Bertz CT molecular complexity index is 858. The van der Waals surface area contributed by atoms with Crippen molar-refractivity contribution in [3.63, 3.8) is 0 Å². The molecule has 1 atom stereocenters. The highest BCUT2D eigenvalue weighted by atomic mass is 16.2. The molecule has 160 valence electrons. The molecule has 1 fully saturated rings. The minimum Gasteiger partial charge on any atom is -0.351 e. The Morgan fingerprint density at radius 1 is 1.20 bits per heavy atom. The molecule has 1 saturated heterocycles. The van der Waals surface area contributed by atoms with E-state index in [1.165, 1.54) is 13.3 Å². The lowest BCUT2D eigenvalue weighted by atomic mass is 9.92. The maximum atomic E-state index is 13.4. The molecule has 0 saturated carbocycles. The second kappa shape index (κ2) is 9.32. The first-order valence-corrected chi connectivity index (χ1v) is 11.0. The molecule has 7 heteroatoms. The van der Waals surface area contributed by atoms with Crippen LogP contribution in [0, 0.1) is 5.92 Å². The van der Waals surface area contributed by atoms with Crippen LogP contribution in [0.1, 0.15) is 38.2 Å². The van der Waals surface area contributed by atoms with E-state index >= 15 is 0 Å². The molecule has 0 spiro atoms. The van der Waals surface area contributed by atoms with Crippen molar-refractivity contribution >= 4 is 17.6 Å². The molecule has 2 aliphatic heterocycles. The van der Waals surface area contributed by atoms with Crippen LogP contribution in [0.4, 0.5) is 10.5 Å². The predicted molar refractivity (Wildman–Crippen MR) is 116 cm³/mol. The highest BCUT2D eigenvalue weighted by molar-refractivity contribution is 5.93. The lowest BCUT2D eigenvalue weighted by molar-refractivity contribution is -0.119. The van der Waals surface area contributed by atoms with Crippen LogP contribution in [0.2, 0.25) is 0 Å². The summed E-state index contributed by atoms with van der Waals surface area (Å²) < 4.78 is 2.12. The number of likely N-dealkylation sites (tertiary alicyclic amines) is 1. The fourth-order valence-corrected chi connectivity index (χ4v) is 4.73. The molecule has 3 heterocycles. The standard InChI is InChI=1S/C23H31N5O2/c1-18(29)25-21-15-20-6-2-3-7-22(20)28(16-21)23(30)27-12-8-19(9-13-27)5-4-11-26-14-10-24-17-26/h2-3,6-7,10,14,17,19,21H,4-5,8-9,11-13,15-16H2,1H3,(H,25,29). The molecule has 3 amide bonds. The van der Waals surface area contributed by atoms with Crippen LogP contribution in [-0.2, 0) is 17.8 Å². The van der Waals surface area contributed by atoms with E-state index in [1.54, 1.807) is 0 Å². The average Bonchev–Trinajstić information content (AvgIpc) is 3.26. The van der Waals surface area contributed by atoms with Crippen molar-refractivity contribution in [2.75, 3.05) is 24.5 Å². The number of carbonyl (C=O) groups is 2. The van der Waals surface area contributed by atoms with Crippen molar-refractivity contribution in [1.82, 2.24) is 19.8 Å². The number of hydrogen-bond acceptors (Lipinski definition) is 3. The highest BCUT2D eigenvalue weighted by Crippen LogP contribution is 2.30. The number of aryl methyl sites for hydroxylation is 1. The quantitative estimate of drug-likeness (QED) is 0.825. The van der Waals surface area contributed by atoms with Crippen LogP contribution < -0.4 is 10.2 Å². The molecule has 1 N–H and O–H groups in total. The fraction of sp³-hybridized carbons (Fsp3) is 0.522. The van der Waals surface area contributed by atoms with Gasteiger partial charge in [0, 0.05) is 51.2 Å². The number of benzene rings is 1. The smallest absolute Gasteiger partial charge is 0.324 e. The van der Waals surface area contributed by atoms with Gasteiger partial charge in [-0.15, -0.1) is 0 Å². The highest BCUT2D eigenvalue weighted by Gasteiger charge is 2.32. The number of hydrogen-bond donors (Lipinski definition) is 1. The van der Waals surface area contributed by atoms with Crippen LogP contribution in [0.15, 0.2) is 43.0 Å². The van der Waals surface area contributed by atoms with Gasteiger partial charge in [0.15, 0.2) is 0 Å². The molecule has 0 aliphatic carbocycles. The van der Waals surface area contributed by atoms with Crippen LogP contribution in [0.5, 0.6) is 0 Å². The van der Waals surface area contributed by atoms with Crippen LogP contribution in [0.25, 0.3) is 0 Å². The van der Waals surface area contributed by atoms with Crippen molar-refractivity contribution in [3.05, 3.63) is 48.5 Å². The van der Waals surface area contributed by atoms with Gasteiger partial charge in [0.25, 0.3) is 0 Å². The van der Waals surface area contributed by atoms with E-state index in [1.807, 2.05) is 46.7 Å². The number of rotatable bonds is 5. The number of carbonyl (C=O) groups excluding carboxylic acids is 2. The molecule has 4 rings (SSSR count). The monoisotopic (exact) mass is 409 g/mol. The Morgan fingerprint density at radius 3 is 2.73 bits per heavy atom. The Kier molecular flexibility index (Phi) is 6.35. The molecule has 1 unspecified atom stereocenters. The zero-order chi connectivity index (χ0) is 20.9. The lowest BCUT2D eigenvalue weighted by Crippen LogP contribution is -2.54. The van der Waals surface area contributed by atoms with Crippen molar-refractivity contribution in [3.8, 4) is 0 Å². The third-order valence-corrected chi connectivity index (χ3v) is 6.26. The van der Waals surface area contributed by atoms with Gasteiger partial charge in [-0.05, 0) is 49.7 Å². The van der Waals surface area contributed by atoms with Gasteiger partial charge in [-0.1, -0.05) is 18.2 Å². The van der Waals surface area contributed by atoms with E-state index in [4.69, 9.17) is 0 Å². The molecule has 2 aromatic rings. The number of imidazole rings is 1. The maximum absolute atomic E-state index is 13.4. The summed E-state index contributed by atoms with van der Waals surface area (Å²) in [5.74, 6) is 0.627. The van der Waals surface area contributed by atoms with Gasteiger partial charge in [-0.25, -0.2) is 9.78 Å². The zero-order valence-corrected chi connectivity index (χ0v) is 17.7. The SMILES string of the molecule is CC(=O)NC1Cc2ccccc2N(C(=O)N2CCC(CCCn3ccnc3)CC2)C1. The molecular formula is C23H31N5O2. The molecule has 2 aliphatic rings. The first-order chi connectivity index (χ1) is 14.6. The number of fused-ring (bicyclic) bond motifs is 1. The first kappa shape index (κ1) is 20.4. The predicted octanol–water partition coefficient (Wildman–Crippen LogP) is 3.06. The Labute approximate surface area is 178 Å². The number of aromatic nitrogens is 2. The van der Waals surface area contributed by atoms with E-state index in [2.05, 4.69) is 20.9 Å². The number of amides is 3. The normalized spacial score (nSPS) is 19.4. The van der Waals surface area contributed by atoms with E-state index in [0.717, 1.165) is 56.6 Å². The third-order valence-electron chi connectivity index (χ3n) is 6.26. The largest absolute Gasteiger partial charge is 0.351 e. The van der Waals surface area contributed by atoms with Gasteiger partial charge in [0.2, 0.25) is 5.91 Å². The molecule has 7 nitrogen and oxygen atoms in total. The zero-order valence-electron chi connectivity index (χ0n) is 17.7. The molecule has 1 aromatic carbocycles. The minimum atomic E-state index is -0.0525. The van der Waals surface area contributed by atoms with Crippen LogP contribution in [0.3, 0.4) is 0 Å². The van der Waals surface area contributed by atoms with E-state index in [9.17, 15) is 9.59 Å². The Balaban J connectivity index is 1.33. The molecule has 1 aromatic heterocycles. The van der Waals surface area contributed by atoms with Gasteiger partial charge in [0.1, 0.15) is 0 Å². The molecule has 0 bridgehead atoms. The van der Waals surface area contributed by atoms with E-state index in [0.29, 0.717) is 12.5 Å². The third kappa shape index (κ3) is 4.83. The second-order valence-corrected chi connectivity index (χ2v) is 8.50. The second-order valence-electron chi connectivity index (χ2n) is 8.50. The number of anilines is 1. The summed E-state index contributed by atoms with van der Waals surface area (Å²) >= 11 is 0. The summed E-state index contributed by atoms with van der Waals surface area (Å²) in [4.78, 5) is 32.9. The summed E-state index contributed by atoms with van der Waals surface area (Å²) in [5, 5.41) is 2.99. The van der Waals surface area contributed by atoms with Crippen molar-refractivity contribution in [1.29, 1.82) is 0 Å². The van der Waals surface area contributed by atoms with E-state index < -0.39 is 0 Å². The van der Waals surface area contributed by atoms with Gasteiger partial charge >= 0.3 is 6.03 Å². The van der Waals surface area contributed by atoms with Crippen molar-refractivity contribution in [2.24, 2.45) is 5.92 Å². The van der Waals surface area contributed by atoms with Gasteiger partial charge in [-0.2, -0.15) is 0 Å². The topological polar surface area (TPSA) is 70.5 Å². The number of para-hydroxylation sites is 1. The maximum Gasteiger partial charge on any atom is 0.324 e. The number of nitrogens with one attached hydrogen (secondary N) is 1. The van der Waals surface area contributed by atoms with Crippen molar-refractivity contribution < 1.29 is 9.59 Å². The summed E-state index contributed by atoms with van der Waals surface area (Å²) in [7, 11) is 0. The average molecular weight is 410 g/mol. The molecule has 0 radical (unpaired) electrons. The van der Waals surface area contributed by atoms with Crippen LogP contribution in [-0.4, -0.2) is 52.1 Å². The Hall–Kier alpha value is -2.83. The molecular weight excluding hydrogens is 378 g/mol. The Morgan fingerprint density at radius 2 is 2.00 bits per heavy atom. The minimum absolute atomic E-state index is 0.0398.